The summed E-state index contributed by atoms with van der Waals surface area (Å²) in [5.74, 6) is -1.98. The second kappa shape index (κ2) is 5.26. The van der Waals surface area contributed by atoms with E-state index >= 15 is 0 Å². The van der Waals surface area contributed by atoms with Gasteiger partial charge in [0.1, 0.15) is 11.4 Å². The van der Waals surface area contributed by atoms with E-state index in [2.05, 4.69) is 0 Å². The number of hydrogen-bond donors (Lipinski definition) is 2. The van der Waals surface area contributed by atoms with Gasteiger partial charge in [-0.1, -0.05) is 30.4 Å². The lowest BCUT2D eigenvalue weighted by Crippen LogP contribution is -2.51. The molecular weight excluding hydrogens is 251 g/mol. The highest BCUT2D eigenvalue weighted by Gasteiger charge is 2.26. The fraction of sp³-hybridized carbons (Fsp3) is 0. The van der Waals surface area contributed by atoms with Crippen molar-refractivity contribution in [1.29, 1.82) is 0 Å². The topological polar surface area (TPSA) is 75.3 Å². The predicted molar refractivity (Wildman–Crippen MR) is 65.2 cm³/mol. The largest absolute Gasteiger partial charge is 0.328 e. The molecule has 0 aromatic heterocycles. The Labute approximate surface area is 107 Å². The number of allylic oxidation sites excluding steroid dienone is 2. The Morgan fingerprint density at radius 3 is 2.26 bits per heavy atom. The first-order valence-electron chi connectivity index (χ1n) is 5.37. The van der Waals surface area contributed by atoms with Gasteiger partial charge in [0.05, 0.1) is 0 Å². The first-order chi connectivity index (χ1) is 9.08. The van der Waals surface area contributed by atoms with Crippen LogP contribution in [0.3, 0.4) is 0 Å². The number of halogens is 1. The summed E-state index contributed by atoms with van der Waals surface area (Å²) < 4.78 is 13.3. The molecule has 0 bridgehead atoms. The van der Waals surface area contributed by atoms with E-state index in [4.69, 9.17) is 0 Å². The number of imide groups is 2. The number of carbonyl (C=O) groups is 3. The van der Waals surface area contributed by atoms with Crippen LogP contribution in [-0.2, 0) is 9.59 Å². The van der Waals surface area contributed by atoms with Gasteiger partial charge in [-0.05, 0) is 12.1 Å². The average Bonchev–Trinajstić information content (AvgIpc) is 2.34. The Bertz CT molecular complexity index is 598. The summed E-state index contributed by atoms with van der Waals surface area (Å²) in [6, 6.07) is 5.21. The summed E-state index contributed by atoms with van der Waals surface area (Å²) >= 11 is 0. The Hall–Kier alpha value is -2.76. The zero-order chi connectivity index (χ0) is 13.8. The van der Waals surface area contributed by atoms with Crippen LogP contribution in [0, 0.1) is 5.82 Å². The third-order valence-electron chi connectivity index (χ3n) is 2.39. The SMILES string of the molecule is O=C1NC(=O)C(=CC=Cc2ccccc2F)C(=O)N1. The zero-order valence-corrected chi connectivity index (χ0v) is 9.64. The van der Waals surface area contributed by atoms with Crippen molar-refractivity contribution in [3.8, 4) is 0 Å². The molecule has 4 amide bonds. The normalized spacial score (nSPS) is 15.4. The Kier molecular flexibility index (Phi) is 3.51. The summed E-state index contributed by atoms with van der Waals surface area (Å²) in [6.07, 6.45) is 3.99. The number of rotatable bonds is 2. The van der Waals surface area contributed by atoms with Crippen molar-refractivity contribution in [2.24, 2.45) is 0 Å². The van der Waals surface area contributed by atoms with E-state index in [9.17, 15) is 18.8 Å². The minimum absolute atomic E-state index is 0.216. The molecule has 1 aromatic carbocycles. The van der Waals surface area contributed by atoms with E-state index in [1.807, 2.05) is 10.6 Å². The van der Waals surface area contributed by atoms with Gasteiger partial charge in [-0.2, -0.15) is 0 Å². The zero-order valence-electron chi connectivity index (χ0n) is 9.64. The second-order valence-corrected chi connectivity index (χ2v) is 3.70. The molecular formula is C13H9FN2O3. The third kappa shape index (κ3) is 2.92. The summed E-state index contributed by atoms with van der Waals surface area (Å²) in [7, 11) is 0. The summed E-state index contributed by atoms with van der Waals surface area (Å²) in [6.45, 7) is 0. The molecule has 1 aromatic rings. The molecule has 2 rings (SSSR count). The van der Waals surface area contributed by atoms with E-state index in [-0.39, 0.29) is 5.57 Å². The van der Waals surface area contributed by atoms with Crippen molar-refractivity contribution in [3.05, 3.63) is 53.4 Å². The maximum Gasteiger partial charge on any atom is 0.328 e. The summed E-state index contributed by atoms with van der Waals surface area (Å²) in [5.41, 5.74) is 0.110. The van der Waals surface area contributed by atoms with E-state index in [1.54, 1.807) is 18.2 Å². The molecule has 0 spiro atoms. The van der Waals surface area contributed by atoms with E-state index in [0.717, 1.165) is 0 Å². The Balaban J connectivity index is 2.18. The quantitative estimate of drug-likeness (QED) is 0.618. The first kappa shape index (κ1) is 12.7. The van der Waals surface area contributed by atoms with Crippen LogP contribution in [-0.4, -0.2) is 17.8 Å². The molecule has 6 heteroatoms. The van der Waals surface area contributed by atoms with Crippen molar-refractivity contribution in [1.82, 2.24) is 10.6 Å². The monoisotopic (exact) mass is 260 g/mol. The average molecular weight is 260 g/mol. The number of barbiturate groups is 1. The van der Waals surface area contributed by atoms with Gasteiger partial charge in [-0.15, -0.1) is 0 Å². The first-order valence-corrected chi connectivity index (χ1v) is 5.37. The highest BCUT2D eigenvalue weighted by Crippen LogP contribution is 2.09. The molecule has 1 heterocycles. The van der Waals surface area contributed by atoms with E-state index < -0.39 is 23.7 Å². The summed E-state index contributed by atoms with van der Waals surface area (Å²) in [4.78, 5) is 33.5. The standard InChI is InChI=1S/C13H9FN2O3/c14-10-7-2-1-4-8(10)5-3-6-9-11(17)15-13(19)16-12(9)18/h1-7H,(H2,15,16,17,18,19). The maximum atomic E-state index is 13.3. The van der Waals surface area contributed by atoms with Crippen LogP contribution < -0.4 is 10.6 Å². The lowest BCUT2D eigenvalue weighted by molar-refractivity contribution is -0.124. The number of nitrogens with one attached hydrogen (secondary N) is 2. The van der Waals surface area contributed by atoms with Gasteiger partial charge in [0, 0.05) is 5.56 Å². The predicted octanol–water partition coefficient (Wildman–Crippen LogP) is 1.13. The van der Waals surface area contributed by atoms with E-state index in [0.29, 0.717) is 5.56 Å². The Morgan fingerprint density at radius 2 is 1.63 bits per heavy atom. The number of hydrogen-bond acceptors (Lipinski definition) is 3. The van der Waals surface area contributed by atoms with Crippen molar-refractivity contribution in [2.45, 2.75) is 0 Å². The molecule has 96 valence electrons. The van der Waals surface area contributed by atoms with Gasteiger partial charge in [-0.3, -0.25) is 20.2 Å². The minimum atomic E-state index is -0.856. The molecule has 0 atom stereocenters. The van der Waals surface area contributed by atoms with Crippen LogP contribution in [0.1, 0.15) is 5.56 Å². The lowest BCUT2D eigenvalue weighted by atomic mass is 10.1. The lowest BCUT2D eigenvalue weighted by Gasteiger charge is -2.12. The van der Waals surface area contributed by atoms with Crippen LogP contribution in [0.5, 0.6) is 0 Å². The van der Waals surface area contributed by atoms with Gasteiger partial charge in [-0.25, -0.2) is 9.18 Å². The molecule has 2 N–H and O–H groups in total. The molecule has 0 radical (unpaired) electrons. The van der Waals surface area contributed by atoms with E-state index in [1.165, 1.54) is 24.3 Å². The van der Waals surface area contributed by atoms with Crippen molar-refractivity contribution < 1.29 is 18.8 Å². The maximum absolute atomic E-state index is 13.3. The number of amides is 4. The molecule has 0 aliphatic carbocycles. The van der Waals surface area contributed by atoms with Crippen LogP contribution in [0.15, 0.2) is 42.0 Å². The minimum Gasteiger partial charge on any atom is -0.273 e. The molecule has 1 fully saturated rings. The number of benzene rings is 1. The highest BCUT2D eigenvalue weighted by molar-refractivity contribution is 6.29. The van der Waals surface area contributed by atoms with Gasteiger partial charge >= 0.3 is 6.03 Å². The van der Waals surface area contributed by atoms with Crippen molar-refractivity contribution >= 4 is 23.9 Å². The molecule has 5 nitrogen and oxygen atoms in total. The van der Waals surface area contributed by atoms with Gasteiger partial charge in [0.15, 0.2) is 0 Å². The van der Waals surface area contributed by atoms with Gasteiger partial charge < -0.3 is 0 Å². The Morgan fingerprint density at radius 1 is 1.00 bits per heavy atom. The smallest absolute Gasteiger partial charge is 0.273 e. The van der Waals surface area contributed by atoms with Crippen LogP contribution >= 0.6 is 0 Å². The van der Waals surface area contributed by atoms with Gasteiger partial charge in [0.25, 0.3) is 11.8 Å². The molecule has 1 aliphatic rings. The van der Waals surface area contributed by atoms with Crippen molar-refractivity contribution in [3.63, 3.8) is 0 Å². The molecule has 19 heavy (non-hydrogen) atoms. The van der Waals surface area contributed by atoms with Gasteiger partial charge in [0.2, 0.25) is 0 Å². The second-order valence-electron chi connectivity index (χ2n) is 3.70. The van der Waals surface area contributed by atoms with Crippen molar-refractivity contribution in [2.75, 3.05) is 0 Å². The molecule has 0 saturated carbocycles. The number of urea groups is 1. The van der Waals surface area contributed by atoms with Crippen LogP contribution in [0.25, 0.3) is 6.08 Å². The fourth-order valence-corrected chi connectivity index (χ4v) is 1.48. The molecule has 1 aliphatic heterocycles. The third-order valence-corrected chi connectivity index (χ3v) is 2.39. The molecule has 1 saturated heterocycles. The van der Waals surface area contributed by atoms with Crippen LogP contribution in [0.2, 0.25) is 0 Å². The fourth-order valence-electron chi connectivity index (χ4n) is 1.48. The summed E-state index contributed by atoms with van der Waals surface area (Å²) in [5, 5.41) is 3.87. The number of carbonyl (C=O) groups excluding carboxylic acids is 3. The van der Waals surface area contributed by atoms with Crippen LogP contribution in [0.4, 0.5) is 9.18 Å². The molecule has 0 unspecified atom stereocenters. The highest BCUT2D eigenvalue weighted by atomic mass is 19.1.